The van der Waals surface area contributed by atoms with Gasteiger partial charge in [-0.15, -0.1) is 11.3 Å². The zero-order valence-electron chi connectivity index (χ0n) is 12.3. The van der Waals surface area contributed by atoms with E-state index in [-0.39, 0.29) is 0 Å². The summed E-state index contributed by atoms with van der Waals surface area (Å²) in [6.45, 7) is 2.85. The molecule has 0 amide bonds. The smallest absolute Gasteiger partial charge is 0.119 e. The maximum atomic E-state index is 5.26. The molecule has 2 aromatic rings. The molecule has 0 unspecified atom stereocenters. The average Bonchev–Trinajstić information content (AvgIpc) is 2.86. The lowest BCUT2D eigenvalue weighted by Gasteiger charge is -2.16. The van der Waals surface area contributed by atoms with E-state index in [9.17, 15) is 0 Å². The lowest BCUT2D eigenvalue weighted by atomic mass is 10.2. The highest BCUT2D eigenvalue weighted by molar-refractivity contribution is 7.11. The van der Waals surface area contributed by atoms with Gasteiger partial charge in [-0.05, 0) is 43.9 Å². The fraction of sp³-hybridized carbons (Fsp3) is 0.375. The van der Waals surface area contributed by atoms with Gasteiger partial charge in [0.05, 0.1) is 7.11 Å². The van der Waals surface area contributed by atoms with Crippen LogP contribution in [0.1, 0.15) is 15.3 Å². The van der Waals surface area contributed by atoms with Crippen molar-refractivity contribution in [2.75, 3.05) is 21.2 Å². The van der Waals surface area contributed by atoms with E-state index >= 15 is 0 Å². The van der Waals surface area contributed by atoms with Gasteiger partial charge in [-0.1, -0.05) is 12.1 Å². The van der Waals surface area contributed by atoms with Crippen LogP contribution in [0, 0.1) is 0 Å². The molecule has 0 saturated heterocycles. The van der Waals surface area contributed by atoms with E-state index in [0.29, 0.717) is 0 Å². The van der Waals surface area contributed by atoms with Gasteiger partial charge in [0.1, 0.15) is 5.75 Å². The first-order chi connectivity index (χ1) is 9.71. The SMILES string of the molecule is CNCc1ccc(CN(C)Cc2cccc(OC)c2)s1. The van der Waals surface area contributed by atoms with Crippen LogP contribution in [0.5, 0.6) is 5.75 Å². The molecule has 108 valence electrons. The van der Waals surface area contributed by atoms with Crippen molar-refractivity contribution >= 4 is 11.3 Å². The summed E-state index contributed by atoms with van der Waals surface area (Å²) in [5, 5.41) is 3.19. The van der Waals surface area contributed by atoms with Crippen molar-refractivity contribution < 1.29 is 4.74 Å². The fourth-order valence-electron chi connectivity index (χ4n) is 2.18. The number of hydrogen-bond acceptors (Lipinski definition) is 4. The molecule has 0 aliphatic heterocycles. The Hall–Kier alpha value is -1.36. The van der Waals surface area contributed by atoms with Crippen LogP contribution >= 0.6 is 11.3 Å². The Labute approximate surface area is 125 Å². The number of thiophene rings is 1. The third-order valence-corrected chi connectivity index (χ3v) is 4.15. The standard InChI is InChI=1S/C16H22N2OS/c1-17-10-15-7-8-16(20-15)12-18(2)11-13-5-4-6-14(9-13)19-3/h4-9,17H,10-12H2,1-3H3. The van der Waals surface area contributed by atoms with Crippen molar-refractivity contribution in [2.45, 2.75) is 19.6 Å². The molecule has 1 aromatic heterocycles. The summed E-state index contributed by atoms with van der Waals surface area (Å²) in [4.78, 5) is 5.11. The maximum absolute atomic E-state index is 5.26. The maximum Gasteiger partial charge on any atom is 0.119 e. The Morgan fingerprint density at radius 3 is 2.70 bits per heavy atom. The number of nitrogens with one attached hydrogen (secondary N) is 1. The van der Waals surface area contributed by atoms with Gasteiger partial charge >= 0.3 is 0 Å². The molecule has 0 saturated carbocycles. The molecular weight excluding hydrogens is 268 g/mol. The van der Waals surface area contributed by atoms with E-state index in [1.807, 2.05) is 30.5 Å². The summed E-state index contributed by atoms with van der Waals surface area (Å²) in [5.41, 5.74) is 1.28. The number of nitrogens with zero attached hydrogens (tertiary/aromatic N) is 1. The zero-order valence-corrected chi connectivity index (χ0v) is 13.2. The van der Waals surface area contributed by atoms with E-state index in [4.69, 9.17) is 4.74 Å². The predicted molar refractivity (Wildman–Crippen MR) is 85.2 cm³/mol. The molecule has 0 radical (unpaired) electrons. The lowest BCUT2D eigenvalue weighted by molar-refractivity contribution is 0.321. The van der Waals surface area contributed by atoms with Gasteiger partial charge in [-0.3, -0.25) is 4.90 Å². The summed E-state index contributed by atoms with van der Waals surface area (Å²) in [6, 6.07) is 12.7. The predicted octanol–water partition coefficient (Wildman–Crippen LogP) is 3.11. The van der Waals surface area contributed by atoms with Crippen molar-refractivity contribution in [2.24, 2.45) is 0 Å². The minimum atomic E-state index is 0.920. The van der Waals surface area contributed by atoms with Crippen molar-refractivity contribution in [1.82, 2.24) is 10.2 Å². The van der Waals surface area contributed by atoms with Gasteiger partial charge in [-0.2, -0.15) is 0 Å². The van der Waals surface area contributed by atoms with Crippen molar-refractivity contribution in [3.63, 3.8) is 0 Å². The minimum absolute atomic E-state index is 0.920. The van der Waals surface area contributed by atoms with Gasteiger partial charge in [0.15, 0.2) is 0 Å². The highest BCUT2D eigenvalue weighted by atomic mass is 32.1. The highest BCUT2D eigenvalue weighted by Gasteiger charge is 2.05. The largest absolute Gasteiger partial charge is 0.497 e. The minimum Gasteiger partial charge on any atom is -0.497 e. The average molecular weight is 290 g/mol. The fourth-order valence-corrected chi connectivity index (χ4v) is 3.29. The van der Waals surface area contributed by atoms with Crippen LogP contribution in [0.25, 0.3) is 0 Å². The van der Waals surface area contributed by atoms with E-state index in [0.717, 1.165) is 25.4 Å². The van der Waals surface area contributed by atoms with E-state index in [1.54, 1.807) is 7.11 Å². The van der Waals surface area contributed by atoms with E-state index in [1.165, 1.54) is 15.3 Å². The first kappa shape index (κ1) is 15.0. The van der Waals surface area contributed by atoms with Crippen molar-refractivity contribution in [3.05, 3.63) is 51.7 Å². The molecule has 0 atom stereocenters. The molecule has 20 heavy (non-hydrogen) atoms. The summed E-state index contributed by atoms with van der Waals surface area (Å²) in [7, 11) is 5.84. The second kappa shape index (κ2) is 7.43. The van der Waals surface area contributed by atoms with Crippen molar-refractivity contribution in [1.29, 1.82) is 0 Å². The summed E-state index contributed by atoms with van der Waals surface area (Å²) >= 11 is 1.88. The van der Waals surface area contributed by atoms with Crippen LogP contribution in [-0.2, 0) is 19.6 Å². The van der Waals surface area contributed by atoms with Crippen LogP contribution in [0.3, 0.4) is 0 Å². The second-order valence-electron chi connectivity index (χ2n) is 4.92. The first-order valence-corrected chi connectivity index (χ1v) is 7.56. The normalized spacial score (nSPS) is 11.0. The molecule has 1 aromatic carbocycles. The van der Waals surface area contributed by atoms with Gasteiger partial charge in [0.25, 0.3) is 0 Å². The molecule has 0 spiro atoms. The monoisotopic (exact) mass is 290 g/mol. The van der Waals surface area contributed by atoms with Gasteiger partial charge < -0.3 is 10.1 Å². The quantitative estimate of drug-likeness (QED) is 0.848. The Morgan fingerprint density at radius 1 is 1.15 bits per heavy atom. The summed E-state index contributed by atoms with van der Waals surface area (Å²) < 4.78 is 5.26. The third-order valence-electron chi connectivity index (χ3n) is 3.08. The van der Waals surface area contributed by atoms with Gasteiger partial charge in [0.2, 0.25) is 0 Å². The summed E-state index contributed by atoms with van der Waals surface area (Å²) in [6.07, 6.45) is 0. The number of ether oxygens (including phenoxy) is 1. The van der Waals surface area contributed by atoms with Crippen LogP contribution in [0.2, 0.25) is 0 Å². The van der Waals surface area contributed by atoms with Gasteiger partial charge in [0, 0.05) is 29.4 Å². The lowest BCUT2D eigenvalue weighted by Crippen LogP contribution is -2.16. The molecule has 3 nitrogen and oxygen atoms in total. The molecule has 1 N–H and O–H groups in total. The van der Waals surface area contributed by atoms with Gasteiger partial charge in [-0.25, -0.2) is 0 Å². The van der Waals surface area contributed by atoms with E-state index in [2.05, 4.69) is 41.5 Å². The molecule has 0 bridgehead atoms. The van der Waals surface area contributed by atoms with Crippen molar-refractivity contribution in [3.8, 4) is 5.75 Å². The zero-order chi connectivity index (χ0) is 14.4. The van der Waals surface area contributed by atoms with E-state index < -0.39 is 0 Å². The van der Waals surface area contributed by atoms with Crippen LogP contribution < -0.4 is 10.1 Å². The molecule has 0 aliphatic rings. The topological polar surface area (TPSA) is 24.5 Å². The van der Waals surface area contributed by atoms with Crippen LogP contribution in [0.4, 0.5) is 0 Å². The van der Waals surface area contributed by atoms with Crippen LogP contribution in [-0.4, -0.2) is 26.1 Å². The molecule has 2 rings (SSSR count). The first-order valence-electron chi connectivity index (χ1n) is 6.75. The second-order valence-corrected chi connectivity index (χ2v) is 6.18. The third kappa shape index (κ3) is 4.34. The van der Waals surface area contributed by atoms with Crippen LogP contribution in [0.15, 0.2) is 36.4 Å². The Kier molecular flexibility index (Phi) is 5.59. The highest BCUT2D eigenvalue weighted by Crippen LogP contribution is 2.19. The Balaban J connectivity index is 1.92. The number of benzene rings is 1. The molecule has 0 fully saturated rings. The molecular formula is C16H22N2OS. The number of hydrogen-bond donors (Lipinski definition) is 1. The molecule has 1 heterocycles. The Bertz CT molecular complexity index is 539. The number of rotatable bonds is 7. The molecule has 0 aliphatic carbocycles. The molecule has 4 heteroatoms. The summed E-state index contributed by atoms with van der Waals surface area (Å²) in [5.74, 6) is 0.920. The Morgan fingerprint density at radius 2 is 1.95 bits per heavy atom. The number of methoxy groups -OCH3 is 1.